The number of hydrogen-bond donors (Lipinski definition) is 1. The third kappa shape index (κ3) is 2.14. The molecule has 0 unspecified atom stereocenters. The average Bonchev–Trinajstić information content (AvgIpc) is 2.83. The van der Waals surface area contributed by atoms with Crippen LogP contribution in [0.3, 0.4) is 0 Å². The van der Waals surface area contributed by atoms with Gasteiger partial charge in [0.25, 0.3) is 0 Å². The number of benzene rings is 1. The lowest BCUT2D eigenvalue weighted by atomic mass is 10.00. The van der Waals surface area contributed by atoms with Crippen molar-refractivity contribution in [2.24, 2.45) is 5.73 Å². The van der Waals surface area contributed by atoms with E-state index in [4.69, 9.17) is 10.5 Å². The molecule has 0 fully saturated rings. The first kappa shape index (κ1) is 10.9. The molecule has 2 rings (SSSR count). The maximum absolute atomic E-state index is 12.1. The molecule has 1 aromatic carbocycles. The second-order valence-corrected chi connectivity index (χ2v) is 3.73. The van der Waals surface area contributed by atoms with E-state index in [1.165, 1.54) is 0 Å². The van der Waals surface area contributed by atoms with Gasteiger partial charge in [0.2, 0.25) is 5.78 Å². The van der Waals surface area contributed by atoms with Gasteiger partial charge < -0.3 is 10.5 Å². The van der Waals surface area contributed by atoms with Gasteiger partial charge in [0.05, 0.1) is 6.61 Å². The topological polar surface area (TPSA) is 52.3 Å². The van der Waals surface area contributed by atoms with Crippen molar-refractivity contribution in [1.82, 2.24) is 0 Å². The van der Waals surface area contributed by atoms with Crippen LogP contribution in [-0.2, 0) is 11.2 Å². The third-order valence-electron chi connectivity index (χ3n) is 2.60. The van der Waals surface area contributed by atoms with E-state index in [1.54, 1.807) is 0 Å². The maximum atomic E-state index is 12.1. The van der Waals surface area contributed by atoms with Crippen LogP contribution in [0, 0.1) is 0 Å². The van der Waals surface area contributed by atoms with E-state index in [2.05, 4.69) is 0 Å². The van der Waals surface area contributed by atoms with Crippen molar-refractivity contribution in [1.29, 1.82) is 0 Å². The number of hydrogen-bond acceptors (Lipinski definition) is 3. The minimum atomic E-state index is -0.0263. The van der Waals surface area contributed by atoms with Gasteiger partial charge in [-0.05, 0) is 24.6 Å². The van der Waals surface area contributed by atoms with E-state index in [0.717, 1.165) is 18.4 Å². The molecule has 1 aliphatic heterocycles. The zero-order valence-electron chi connectivity index (χ0n) is 9.11. The van der Waals surface area contributed by atoms with Crippen LogP contribution < -0.4 is 5.73 Å². The van der Waals surface area contributed by atoms with Gasteiger partial charge in [-0.3, -0.25) is 4.79 Å². The molecule has 0 spiro atoms. The maximum Gasteiger partial charge on any atom is 0.227 e. The van der Waals surface area contributed by atoms with E-state index in [0.29, 0.717) is 24.5 Å². The Labute approximate surface area is 94.9 Å². The number of carbonyl (C=O) groups excluding carboxylic acids is 1. The summed E-state index contributed by atoms with van der Waals surface area (Å²) in [4.78, 5) is 12.1. The zero-order valence-corrected chi connectivity index (χ0v) is 9.11. The Kier molecular flexibility index (Phi) is 3.37. The fourth-order valence-electron chi connectivity index (χ4n) is 1.82. The molecule has 3 heteroatoms. The van der Waals surface area contributed by atoms with Gasteiger partial charge >= 0.3 is 0 Å². The minimum absolute atomic E-state index is 0.0263. The first-order valence-electron chi connectivity index (χ1n) is 5.48. The summed E-state index contributed by atoms with van der Waals surface area (Å²) in [6, 6.07) is 7.56. The van der Waals surface area contributed by atoms with Gasteiger partial charge in [-0.25, -0.2) is 0 Å². The van der Waals surface area contributed by atoms with Gasteiger partial charge in [0.1, 0.15) is 0 Å². The summed E-state index contributed by atoms with van der Waals surface area (Å²) in [6.07, 6.45) is 3.39. The van der Waals surface area contributed by atoms with Crippen molar-refractivity contribution >= 4 is 5.78 Å². The predicted molar refractivity (Wildman–Crippen MR) is 62.2 cm³/mol. The lowest BCUT2D eigenvalue weighted by Gasteiger charge is -2.08. The second kappa shape index (κ2) is 4.94. The summed E-state index contributed by atoms with van der Waals surface area (Å²) in [5.74, 6) is 0.450. The zero-order chi connectivity index (χ0) is 11.4. The fraction of sp³-hybridized carbons (Fsp3) is 0.308. The summed E-state index contributed by atoms with van der Waals surface area (Å²) in [7, 11) is 0. The monoisotopic (exact) mass is 217 g/mol. The summed E-state index contributed by atoms with van der Waals surface area (Å²) in [5.41, 5.74) is 7.23. The van der Waals surface area contributed by atoms with Crippen LogP contribution in [-0.4, -0.2) is 18.9 Å². The third-order valence-corrected chi connectivity index (χ3v) is 2.60. The van der Waals surface area contributed by atoms with E-state index in [1.807, 2.05) is 30.3 Å². The van der Waals surface area contributed by atoms with E-state index in [9.17, 15) is 4.79 Å². The number of ether oxygens (including phenoxy) is 1. The SMILES string of the molecule is NCCc1ccccc1C(=O)C1=CCCO1. The number of ketones is 1. The van der Waals surface area contributed by atoms with E-state index < -0.39 is 0 Å². The molecule has 0 amide bonds. The lowest BCUT2D eigenvalue weighted by Crippen LogP contribution is -2.11. The van der Waals surface area contributed by atoms with Gasteiger partial charge in [-0.2, -0.15) is 0 Å². The molecule has 3 nitrogen and oxygen atoms in total. The summed E-state index contributed by atoms with van der Waals surface area (Å²) in [6.45, 7) is 1.16. The molecule has 84 valence electrons. The summed E-state index contributed by atoms with van der Waals surface area (Å²) >= 11 is 0. The number of nitrogens with two attached hydrogens (primary N) is 1. The van der Waals surface area contributed by atoms with Crippen LogP contribution in [0.15, 0.2) is 36.1 Å². The molecule has 0 radical (unpaired) electrons. The Morgan fingerprint density at radius 2 is 2.19 bits per heavy atom. The Morgan fingerprint density at radius 3 is 2.88 bits per heavy atom. The van der Waals surface area contributed by atoms with Crippen LogP contribution >= 0.6 is 0 Å². The molecule has 0 bridgehead atoms. The molecule has 0 atom stereocenters. The molecule has 1 aliphatic rings. The summed E-state index contributed by atoms with van der Waals surface area (Å²) < 4.78 is 5.28. The van der Waals surface area contributed by atoms with E-state index in [-0.39, 0.29) is 5.78 Å². The highest BCUT2D eigenvalue weighted by Gasteiger charge is 2.19. The number of Topliss-reactive ketones (excluding diaryl/α,β-unsaturated/α-hetero) is 1. The highest BCUT2D eigenvalue weighted by Crippen LogP contribution is 2.18. The smallest absolute Gasteiger partial charge is 0.227 e. The van der Waals surface area contributed by atoms with Crippen molar-refractivity contribution in [3.8, 4) is 0 Å². The van der Waals surface area contributed by atoms with Crippen LogP contribution in [0.2, 0.25) is 0 Å². The van der Waals surface area contributed by atoms with Gasteiger partial charge in [0, 0.05) is 12.0 Å². The molecule has 16 heavy (non-hydrogen) atoms. The molecule has 0 aliphatic carbocycles. The van der Waals surface area contributed by atoms with Gasteiger partial charge in [0.15, 0.2) is 5.76 Å². The summed E-state index contributed by atoms with van der Waals surface area (Å²) in [5, 5.41) is 0. The Morgan fingerprint density at radius 1 is 1.38 bits per heavy atom. The fourth-order valence-corrected chi connectivity index (χ4v) is 1.82. The Balaban J connectivity index is 2.28. The van der Waals surface area contributed by atoms with Crippen LogP contribution in [0.4, 0.5) is 0 Å². The predicted octanol–water partition coefficient (Wildman–Crippen LogP) is 1.67. The molecule has 1 heterocycles. The Hall–Kier alpha value is -1.61. The van der Waals surface area contributed by atoms with Gasteiger partial charge in [-0.15, -0.1) is 0 Å². The van der Waals surface area contributed by atoms with Crippen molar-refractivity contribution in [3.63, 3.8) is 0 Å². The highest BCUT2D eigenvalue weighted by molar-refractivity contribution is 6.08. The van der Waals surface area contributed by atoms with Crippen LogP contribution in [0.5, 0.6) is 0 Å². The Bertz CT molecular complexity index is 424. The van der Waals surface area contributed by atoms with Crippen molar-refractivity contribution < 1.29 is 9.53 Å². The highest BCUT2D eigenvalue weighted by atomic mass is 16.5. The second-order valence-electron chi connectivity index (χ2n) is 3.73. The normalized spacial score (nSPS) is 14.4. The molecule has 0 aromatic heterocycles. The van der Waals surface area contributed by atoms with Crippen LogP contribution in [0.25, 0.3) is 0 Å². The lowest BCUT2D eigenvalue weighted by molar-refractivity contribution is 0.0941. The van der Waals surface area contributed by atoms with Crippen molar-refractivity contribution in [3.05, 3.63) is 47.2 Å². The standard InChI is InChI=1S/C13H15NO2/c14-8-7-10-4-1-2-5-11(10)13(15)12-6-3-9-16-12/h1-2,4-6H,3,7-9,14H2. The number of carbonyl (C=O) groups is 1. The molecular weight excluding hydrogens is 202 g/mol. The first-order valence-corrected chi connectivity index (χ1v) is 5.48. The number of allylic oxidation sites excluding steroid dienone is 1. The average molecular weight is 217 g/mol. The molecule has 0 saturated heterocycles. The number of rotatable bonds is 4. The molecule has 0 saturated carbocycles. The minimum Gasteiger partial charge on any atom is -0.489 e. The van der Waals surface area contributed by atoms with Gasteiger partial charge in [-0.1, -0.05) is 24.3 Å². The quantitative estimate of drug-likeness (QED) is 0.780. The molecule has 1 aromatic rings. The van der Waals surface area contributed by atoms with Crippen molar-refractivity contribution in [2.45, 2.75) is 12.8 Å². The van der Waals surface area contributed by atoms with E-state index >= 15 is 0 Å². The first-order chi connectivity index (χ1) is 7.83. The molecular formula is C13H15NO2. The van der Waals surface area contributed by atoms with Crippen LogP contribution in [0.1, 0.15) is 22.3 Å². The molecule has 2 N–H and O–H groups in total. The largest absolute Gasteiger partial charge is 0.489 e. The van der Waals surface area contributed by atoms with Crippen molar-refractivity contribution in [2.75, 3.05) is 13.2 Å².